The number of halogens is 2. The zero-order valence-corrected chi connectivity index (χ0v) is 17.7. The van der Waals surface area contributed by atoms with E-state index >= 15 is 0 Å². The molecule has 0 aliphatic heterocycles. The van der Waals surface area contributed by atoms with E-state index in [9.17, 15) is 4.39 Å². The summed E-state index contributed by atoms with van der Waals surface area (Å²) in [5.41, 5.74) is 2.16. The Balaban J connectivity index is 0.00000529. The maximum atomic E-state index is 13.1. The van der Waals surface area contributed by atoms with Crippen LogP contribution in [0.2, 0.25) is 0 Å². The monoisotopic (exact) mass is 450 g/mol. The number of rotatable bonds is 9. The standard InChI is InChI=1S/C18H31FN4.HI/c1-5-23(6-2)13-7-11-21-18(20-4)22-12-10-16-8-9-17(19)14-15(16)3;/h8-9,14H,5-7,10-13H2,1-4H3,(H2,20,21,22);1H. The number of hydrogen-bond acceptors (Lipinski definition) is 2. The fraction of sp³-hybridized carbons (Fsp3) is 0.611. The molecule has 1 rings (SSSR count). The third-order valence-corrected chi connectivity index (χ3v) is 4.05. The maximum absolute atomic E-state index is 13.1. The molecule has 0 bridgehead atoms. The van der Waals surface area contributed by atoms with Gasteiger partial charge in [0.1, 0.15) is 5.82 Å². The summed E-state index contributed by atoms with van der Waals surface area (Å²) in [7, 11) is 1.78. The lowest BCUT2D eigenvalue weighted by Crippen LogP contribution is -2.39. The first-order chi connectivity index (χ1) is 11.1. The Morgan fingerprint density at radius 1 is 1.17 bits per heavy atom. The first kappa shape index (κ1) is 23.1. The van der Waals surface area contributed by atoms with Gasteiger partial charge in [0.25, 0.3) is 0 Å². The van der Waals surface area contributed by atoms with Gasteiger partial charge in [0.2, 0.25) is 0 Å². The van der Waals surface area contributed by atoms with Crippen molar-refractivity contribution in [2.45, 2.75) is 33.6 Å². The van der Waals surface area contributed by atoms with E-state index in [1.54, 1.807) is 13.1 Å². The van der Waals surface area contributed by atoms with Crippen LogP contribution in [0.25, 0.3) is 0 Å². The molecule has 138 valence electrons. The highest BCUT2D eigenvalue weighted by Gasteiger charge is 2.02. The number of aryl methyl sites for hydroxylation is 1. The first-order valence-corrected chi connectivity index (χ1v) is 8.52. The molecule has 2 N–H and O–H groups in total. The summed E-state index contributed by atoms with van der Waals surface area (Å²) in [6.45, 7) is 11.3. The molecule has 0 saturated heterocycles. The van der Waals surface area contributed by atoms with Crippen LogP contribution >= 0.6 is 24.0 Å². The predicted molar refractivity (Wildman–Crippen MR) is 112 cm³/mol. The van der Waals surface area contributed by atoms with Crippen LogP contribution in [0.5, 0.6) is 0 Å². The Morgan fingerprint density at radius 3 is 2.42 bits per heavy atom. The molecule has 0 atom stereocenters. The highest BCUT2D eigenvalue weighted by Crippen LogP contribution is 2.10. The van der Waals surface area contributed by atoms with Gasteiger partial charge in [0.15, 0.2) is 5.96 Å². The van der Waals surface area contributed by atoms with E-state index in [0.717, 1.165) is 62.7 Å². The molecule has 0 heterocycles. The lowest BCUT2D eigenvalue weighted by molar-refractivity contribution is 0.300. The molecule has 0 radical (unpaired) electrons. The average Bonchev–Trinajstić information content (AvgIpc) is 2.55. The first-order valence-electron chi connectivity index (χ1n) is 8.52. The molecule has 0 saturated carbocycles. The third-order valence-electron chi connectivity index (χ3n) is 4.05. The molecule has 0 aromatic heterocycles. The molecule has 4 nitrogen and oxygen atoms in total. The molecule has 6 heteroatoms. The van der Waals surface area contributed by atoms with Crippen LogP contribution in [0, 0.1) is 12.7 Å². The van der Waals surface area contributed by atoms with Crippen molar-refractivity contribution >= 4 is 29.9 Å². The fourth-order valence-electron chi connectivity index (χ4n) is 2.53. The van der Waals surface area contributed by atoms with E-state index in [1.165, 1.54) is 6.07 Å². The van der Waals surface area contributed by atoms with Crippen LogP contribution in [-0.4, -0.2) is 50.6 Å². The zero-order valence-electron chi connectivity index (χ0n) is 15.4. The summed E-state index contributed by atoms with van der Waals surface area (Å²) >= 11 is 0. The topological polar surface area (TPSA) is 39.7 Å². The molecule has 0 unspecified atom stereocenters. The van der Waals surface area contributed by atoms with Gasteiger partial charge in [-0.1, -0.05) is 19.9 Å². The molecular weight excluding hydrogens is 418 g/mol. The lowest BCUT2D eigenvalue weighted by Gasteiger charge is -2.18. The Labute approximate surface area is 163 Å². The number of hydrogen-bond donors (Lipinski definition) is 2. The van der Waals surface area contributed by atoms with Gasteiger partial charge in [-0.2, -0.15) is 0 Å². The quantitative estimate of drug-likeness (QED) is 0.263. The lowest BCUT2D eigenvalue weighted by atomic mass is 10.1. The normalized spacial score (nSPS) is 11.3. The Kier molecular flexibility index (Phi) is 12.9. The Hall–Kier alpha value is -0.890. The van der Waals surface area contributed by atoms with Crippen LogP contribution in [0.1, 0.15) is 31.4 Å². The molecule has 0 amide bonds. The Bertz CT molecular complexity index is 490. The number of benzene rings is 1. The molecular formula is C18H32FIN4. The van der Waals surface area contributed by atoms with Crippen LogP contribution in [0.15, 0.2) is 23.2 Å². The van der Waals surface area contributed by atoms with Crippen LogP contribution in [-0.2, 0) is 6.42 Å². The van der Waals surface area contributed by atoms with Crippen molar-refractivity contribution < 1.29 is 4.39 Å². The predicted octanol–water partition coefficient (Wildman–Crippen LogP) is 3.19. The minimum absolute atomic E-state index is 0. The zero-order chi connectivity index (χ0) is 17.1. The van der Waals surface area contributed by atoms with Gasteiger partial charge in [0, 0.05) is 20.1 Å². The van der Waals surface area contributed by atoms with Crippen LogP contribution < -0.4 is 10.6 Å². The van der Waals surface area contributed by atoms with Crippen molar-refractivity contribution in [2.75, 3.05) is 39.8 Å². The fourth-order valence-corrected chi connectivity index (χ4v) is 2.53. The maximum Gasteiger partial charge on any atom is 0.190 e. The average molecular weight is 450 g/mol. The van der Waals surface area contributed by atoms with Crippen molar-refractivity contribution in [1.29, 1.82) is 0 Å². The number of nitrogens with zero attached hydrogens (tertiary/aromatic N) is 2. The van der Waals surface area contributed by atoms with E-state index in [-0.39, 0.29) is 29.8 Å². The molecule has 0 aliphatic carbocycles. The summed E-state index contributed by atoms with van der Waals surface area (Å²) in [6, 6.07) is 4.95. The Morgan fingerprint density at radius 2 is 1.83 bits per heavy atom. The van der Waals surface area contributed by atoms with Crippen molar-refractivity contribution in [1.82, 2.24) is 15.5 Å². The number of guanidine groups is 1. The largest absolute Gasteiger partial charge is 0.356 e. The minimum Gasteiger partial charge on any atom is -0.356 e. The van der Waals surface area contributed by atoms with Gasteiger partial charge < -0.3 is 15.5 Å². The van der Waals surface area contributed by atoms with Crippen molar-refractivity contribution in [3.63, 3.8) is 0 Å². The van der Waals surface area contributed by atoms with Crippen LogP contribution in [0.3, 0.4) is 0 Å². The summed E-state index contributed by atoms with van der Waals surface area (Å²) in [5, 5.41) is 6.64. The van der Waals surface area contributed by atoms with Gasteiger partial charge >= 0.3 is 0 Å². The molecule has 0 spiro atoms. The van der Waals surface area contributed by atoms with Crippen molar-refractivity contribution in [2.24, 2.45) is 4.99 Å². The molecule has 1 aromatic rings. The van der Waals surface area contributed by atoms with E-state index in [2.05, 4.69) is 34.4 Å². The van der Waals surface area contributed by atoms with E-state index in [4.69, 9.17) is 0 Å². The second kappa shape index (κ2) is 13.4. The summed E-state index contributed by atoms with van der Waals surface area (Å²) in [5.74, 6) is 0.647. The number of nitrogens with one attached hydrogen (secondary N) is 2. The highest BCUT2D eigenvalue weighted by molar-refractivity contribution is 14.0. The third kappa shape index (κ3) is 8.82. The van der Waals surface area contributed by atoms with E-state index < -0.39 is 0 Å². The number of aliphatic imine (C=N–C) groups is 1. The van der Waals surface area contributed by atoms with Crippen molar-refractivity contribution in [3.8, 4) is 0 Å². The SMILES string of the molecule is CCN(CC)CCCNC(=NC)NCCc1ccc(F)cc1C.I. The van der Waals surface area contributed by atoms with Gasteiger partial charge in [-0.05, 0) is 62.7 Å². The highest BCUT2D eigenvalue weighted by atomic mass is 127. The van der Waals surface area contributed by atoms with Gasteiger partial charge in [-0.15, -0.1) is 24.0 Å². The van der Waals surface area contributed by atoms with Gasteiger partial charge in [-0.3, -0.25) is 4.99 Å². The molecule has 0 aliphatic rings. The smallest absolute Gasteiger partial charge is 0.190 e. The second-order valence-electron chi connectivity index (χ2n) is 5.63. The summed E-state index contributed by atoms with van der Waals surface area (Å²) in [6.07, 6.45) is 1.95. The molecule has 1 aromatic carbocycles. The second-order valence-corrected chi connectivity index (χ2v) is 5.63. The van der Waals surface area contributed by atoms with Gasteiger partial charge in [-0.25, -0.2) is 4.39 Å². The van der Waals surface area contributed by atoms with E-state index in [1.807, 2.05) is 13.0 Å². The van der Waals surface area contributed by atoms with Crippen LogP contribution in [0.4, 0.5) is 4.39 Å². The summed E-state index contributed by atoms with van der Waals surface area (Å²) < 4.78 is 13.1. The molecule has 24 heavy (non-hydrogen) atoms. The van der Waals surface area contributed by atoms with Crippen molar-refractivity contribution in [3.05, 3.63) is 35.1 Å². The van der Waals surface area contributed by atoms with E-state index in [0.29, 0.717) is 0 Å². The summed E-state index contributed by atoms with van der Waals surface area (Å²) in [4.78, 5) is 6.65. The van der Waals surface area contributed by atoms with Gasteiger partial charge in [0.05, 0.1) is 0 Å². The minimum atomic E-state index is -0.176. The molecule has 0 fully saturated rings.